The van der Waals surface area contributed by atoms with Crippen LogP contribution in [0.1, 0.15) is 265 Å². The molecule has 424 valence electrons. The van der Waals surface area contributed by atoms with E-state index in [0.29, 0.717) is 12.8 Å². The molecule has 0 aliphatic heterocycles. The number of hydrogen-bond donors (Lipinski definition) is 0. The number of allylic oxidation sites excluding steroid dienone is 21. The summed E-state index contributed by atoms with van der Waals surface area (Å²) in [7, 11) is 0. The number of carbonyl (C=O) groups is 3. The van der Waals surface area contributed by atoms with Crippen molar-refractivity contribution in [2.24, 2.45) is 0 Å². The van der Waals surface area contributed by atoms with Gasteiger partial charge in [0.2, 0.25) is 0 Å². The Hall–Kier alpha value is -4.45. The molecule has 0 heterocycles. The maximum atomic E-state index is 12.9. The summed E-state index contributed by atoms with van der Waals surface area (Å²) in [5.41, 5.74) is 0. The van der Waals surface area contributed by atoms with Gasteiger partial charge in [0.15, 0.2) is 6.10 Å². The largest absolute Gasteiger partial charge is 0.462 e. The van der Waals surface area contributed by atoms with Gasteiger partial charge < -0.3 is 14.2 Å². The molecule has 6 nitrogen and oxygen atoms in total. The van der Waals surface area contributed by atoms with Crippen LogP contribution in [0.2, 0.25) is 0 Å². The third-order valence-electron chi connectivity index (χ3n) is 12.7. The molecule has 0 radical (unpaired) electrons. The summed E-state index contributed by atoms with van der Waals surface area (Å²) in [4.78, 5) is 38.2. The van der Waals surface area contributed by atoms with Crippen LogP contribution in [0.15, 0.2) is 134 Å². The molecule has 75 heavy (non-hydrogen) atoms. The zero-order valence-corrected chi connectivity index (χ0v) is 48.5. The van der Waals surface area contributed by atoms with Crippen molar-refractivity contribution in [2.75, 3.05) is 13.2 Å². The van der Waals surface area contributed by atoms with Gasteiger partial charge in [-0.3, -0.25) is 14.4 Å². The van der Waals surface area contributed by atoms with Crippen molar-refractivity contribution < 1.29 is 28.6 Å². The summed E-state index contributed by atoms with van der Waals surface area (Å²) in [6.07, 6.45) is 87.7. The molecule has 0 spiro atoms. The SMILES string of the molecule is CC/C=C\C/C=C\C/C=C\C/C=C\C/C=C\C/C=C\CCCCC(=O)OCC(COC(=O)C/C=C\C/C=C\C/C=C\C/C=C\C/C=C\CC)OC(=O)CCCCCCCCCCCCCCCCCCCCCCC. The van der Waals surface area contributed by atoms with Crippen molar-refractivity contribution in [3.63, 3.8) is 0 Å². The number of carbonyl (C=O) groups excluding carboxylic acids is 3. The zero-order chi connectivity index (χ0) is 54.3. The monoisotopic (exact) mass is 1040 g/mol. The van der Waals surface area contributed by atoms with E-state index >= 15 is 0 Å². The summed E-state index contributed by atoms with van der Waals surface area (Å²) in [5, 5.41) is 0. The van der Waals surface area contributed by atoms with Crippen molar-refractivity contribution in [1.82, 2.24) is 0 Å². The molecule has 1 atom stereocenters. The van der Waals surface area contributed by atoms with Crippen LogP contribution >= 0.6 is 0 Å². The lowest BCUT2D eigenvalue weighted by molar-refractivity contribution is -0.166. The van der Waals surface area contributed by atoms with E-state index in [2.05, 4.69) is 142 Å². The lowest BCUT2D eigenvalue weighted by atomic mass is 10.0. The van der Waals surface area contributed by atoms with Crippen LogP contribution in [-0.2, 0) is 28.6 Å². The standard InChI is InChI=1S/C69H112O6/c1-4-7-10-13-16-19-22-25-28-30-32-34-36-38-41-44-47-50-53-56-59-62-68(71)74-65-66(64-73-67(70)61-58-55-52-49-46-43-40-27-24-21-18-15-12-9-6-3)75-69(72)63-60-57-54-51-48-45-42-39-37-35-33-31-29-26-23-20-17-14-11-8-5-2/h7,9-10,12,16,18-19,21,25,27-28,32,34,38,40-41,46-47,49-50,55,58,66H,4-6,8,11,13-15,17,20,22-24,26,29-31,33,35-37,39,42-45,48,51-54,56-57,59-65H2,1-3H3/b10-7-,12-9-,19-16-,21-18-,28-25-,34-32-,40-27-,41-38-,49-46-,50-47-,58-55-. The first-order valence-corrected chi connectivity index (χ1v) is 30.7. The van der Waals surface area contributed by atoms with Gasteiger partial charge in [-0.25, -0.2) is 0 Å². The van der Waals surface area contributed by atoms with E-state index in [1.165, 1.54) is 116 Å². The Balaban J connectivity index is 4.52. The third kappa shape index (κ3) is 60.3. The minimum atomic E-state index is -0.840. The Labute approximate surface area is 462 Å². The molecule has 0 bridgehead atoms. The fourth-order valence-corrected chi connectivity index (χ4v) is 8.17. The first-order chi connectivity index (χ1) is 37.0. The van der Waals surface area contributed by atoms with Gasteiger partial charge in [-0.1, -0.05) is 283 Å². The highest BCUT2D eigenvalue weighted by Gasteiger charge is 2.19. The normalized spacial score (nSPS) is 13.1. The van der Waals surface area contributed by atoms with E-state index in [9.17, 15) is 14.4 Å². The van der Waals surface area contributed by atoms with Gasteiger partial charge in [-0.2, -0.15) is 0 Å². The molecule has 0 aromatic carbocycles. The average Bonchev–Trinajstić information content (AvgIpc) is 3.41. The molecule has 0 aliphatic carbocycles. The van der Waals surface area contributed by atoms with Gasteiger partial charge in [0.05, 0.1) is 6.42 Å². The second-order valence-electron chi connectivity index (χ2n) is 19.9. The van der Waals surface area contributed by atoms with E-state index in [0.717, 1.165) is 103 Å². The Kier molecular flexibility index (Phi) is 58.4. The van der Waals surface area contributed by atoms with Gasteiger partial charge in [-0.15, -0.1) is 0 Å². The van der Waals surface area contributed by atoms with Crippen LogP contribution in [-0.4, -0.2) is 37.2 Å². The van der Waals surface area contributed by atoms with Crippen LogP contribution in [0.25, 0.3) is 0 Å². The molecule has 0 aromatic heterocycles. The molecular formula is C69H112O6. The van der Waals surface area contributed by atoms with Crippen LogP contribution in [0.4, 0.5) is 0 Å². The Morgan fingerprint density at radius 2 is 0.573 bits per heavy atom. The topological polar surface area (TPSA) is 78.9 Å². The fourth-order valence-electron chi connectivity index (χ4n) is 8.17. The number of ether oxygens (including phenoxy) is 3. The highest BCUT2D eigenvalue weighted by atomic mass is 16.6. The Morgan fingerprint density at radius 3 is 0.933 bits per heavy atom. The molecule has 0 saturated carbocycles. The number of rotatable bonds is 54. The van der Waals surface area contributed by atoms with Gasteiger partial charge in [0, 0.05) is 12.8 Å². The molecule has 0 amide bonds. The van der Waals surface area contributed by atoms with Gasteiger partial charge in [-0.05, 0) is 96.3 Å². The Bertz CT molecular complexity index is 1620. The molecule has 0 aromatic rings. The number of unbranched alkanes of at least 4 members (excludes halogenated alkanes) is 22. The second kappa shape index (κ2) is 62.1. The number of esters is 3. The van der Waals surface area contributed by atoms with E-state index in [1.54, 1.807) is 6.08 Å². The molecule has 1 unspecified atom stereocenters. The second-order valence-corrected chi connectivity index (χ2v) is 19.9. The third-order valence-corrected chi connectivity index (χ3v) is 12.7. The smallest absolute Gasteiger partial charge is 0.309 e. The van der Waals surface area contributed by atoms with Crippen LogP contribution in [0, 0.1) is 0 Å². The summed E-state index contributed by atoms with van der Waals surface area (Å²) >= 11 is 0. The molecule has 0 fully saturated rings. The predicted molar refractivity (Wildman–Crippen MR) is 325 cm³/mol. The van der Waals surface area contributed by atoms with Crippen LogP contribution < -0.4 is 0 Å². The Morgan fingerprint density at radius 1 is 0.293 bits per heavy atom. The fraction of sp³-hybridized carbons (Fsp3) is 0.638. The first kappa shape index (κ1) is 70.5. The lowest BCUT2D eigenvalue weighted by Crippen LogP contribution is -2.30. The maximum absolute atomic E-state index is 12.9. The van der Waals surface area contributed by atoms with Crippen molar-refractivity contribution in [3.05, 3.63) is 134 Å². The van der Waals surface area contributed by atoms with Crippen LogP contribution in [0.3, 0.4) is 0 Å². The van der Waals surface area contributed by atoms with E-state index < -0.39 is 12.1 Å². The highest BCUT2D eigenvalue weighted by molar-refractivity contribution is 5.72. The lowest BCUT2D eigenvalue weighted by Gasteiger charge is -2.18. The van der Waals surface area contributed by atoms with Gasteiger partial charge in [0.1, 0.15) is 13.2 Å². The molecule has 0 aliphatic rings. The predicted octanol–water partition coefficient (Wildman–Crippen LogP) is 21.0. The van der Waals surface area contributed by atoms with Crippen LogP contribution in [0.5, 0.6) is 0 Å². The highest BCUT2D eigenvalue weighted by Crippen LogP contribution is 2.16. The summed E-state index contributed by atoms with van der Waals surface area (Å²) in [6, 6.07) is 0. The van der Waals surface area contributed by atoms with Crippen molar-refractivity contribution in [1.29, 1.82) is 0 Å². The van der Waals surface area contributed by atoms with E-state index in [1.807, 2.05) is 6.08 Å². The van der Waals surface area contributed by atoms with E-state index in [-0.39, 0.29) is 38.0 Å². The first-order valence-electron chi connectivity index (χ1n) is 30.7. The maximum Gasteiger partial charge on any atom is 0.309 e. The molecule has 0 saturated heterocycles. The molecule has 0 N–H and O–H groups in total. The molecule has 0 rings (SSSR count). The quantitative estimate of drug-likeness (QED) is 0.0261. The minimum absolute atomic E-state index is 0.115. The van der Waals surface area contributed by atoms with Crippen molar-refractivity contribution in [3.8, 4) is 0 Å². The van der Waals surface area contributed by atoms with Gasteiger partial charge in [0.25, 0.3) is 0 Å². The van der Waals surface area contributed by atoms with E-state index in [4.69, 9.17) is 14.2 Å². The average molecular weight is 1040 g/mol. The molecular weight excluding hydrogens is 925 g/mol. The number of hydrogen-bond acceptors (Lipinski definition) is 6. The molecule has 6 heteroatoms. The van der Waals surface area contributed by atoms with Crippen molar-refractivity contribution >= 4 is 17.9 Å². The summed E-state index contributed by atoms with van der Waals surface area (Å²) in [6.45, 7) is 6.30. The van der Waals surface area contributed by atoms with Crippen molar-refractivity contribution in [2.45, 2.75) is 271 Å². The zero-order valence-electron chi connectivity index (χ0n) is 48.5. The summed E-state index contributed by atoms with van der Waals surface area (Å²) < 4.78 is 16.8. The summed E-state index contributed by atoms with van der Waals surface area (Å²) in [5.74, 6) is -1.10. The minimum Gasteiger partial charge on any atom is -0.462 e. The van der Waals surface area contributed by atoms with Gasteiger partial charge >= 0.3 is 17.9 Å².